The molecule has 0 bridgehead atoms. The summed E-state index contributed by atoms with van der Waals surface area (Å²) in [5, 5.41) is 12.2. The average molecular weight is 548 g/mol. The number of hydrogen-bond donors (Lipinski definition) is 1. The maximum atomic E-state index is 14.0. The first-order chi connectivity index (χ1) is 17.6. The Bertz CT molecular complexity index is 1410. The van der Waals surface area contributed by atoms with Crippen LogP contribution in [0.1, 0.15) is 61.5 Å². The predicted octanol–water partition coefficient (Wildman–Crippen LogP) is 5.53. The van der Waals surface area contributed by atoms with E-state index in [1.54, 1.807) is 44.7 Å². The highest BCUT2D eigenvalue weighted by Crippen LogP contribution is 2.32. The predicted molar refractivity (Wildman–Crippen MR) is 140 cm³/mol. The molecule has 204 valence electrons. The molecule has 1 unspecified atom stereocenters. The molecule has 1 atom stereocenters. The summed E-state index contributed by atoms with van der Waals surface area (Å²) in [5.41, 5.74) is 0.0883. The molecule has 3 rings (SSSR count). The van der Waals surface area contributed by atoms with Crippen LogP contribution in [0.5, 0.6) is 0 Å². The molecule has 9 nitrogen and oxygen atoms in total. The summed E-state index contributed by atoms with van der Waals surface area (Å²) in [5.74, 6) is -3.19. The number of aromatic nitrogens is 1. The van der Waals surface area contributed by atoms with Gasteiger partial charge in [-0.25, -0.2) is 22.8 Å². The standard InChI is InChI=1S/C26H31F2N5O4S/c1-17-18(15-29)16-30-22(33-12-7-10-26(27,28)11-13-33)21(17)23(34)31-19-8-6-9-20(14-19)38(5,36)32-24(35)37-25(2,3)4/h6,8-9,14,16H,7,10-13H2,1-5H3,(H,31,34). The van der Waals surface area contributed by atoms with Gasteiger partial charge in [-0.05, 0) is 57.9 Å². The number of alkyl halides is 2. The van der Waals surface area contributed by atoms with E-state index in [9.17, 15) is 27.8 Å². The van der Waals surface area contributed by atoms with E-state index in [0.29, 0.717) is 5.56 Å². The largest absolute Gasteiger partial charge is 0.442 e. The highest BCUT2D eigenvalue weighted by Gasteiger charge is 2.33. The highest BCUT2D eigenvalue weighted by atomic mass is 32.2. The lowest BCUT2D eigenvalue weighted by Crippen LogP contribution is -2.30. The second kappa shape index (κ2) is 11.0. The Hall–Kier alpha value is -3.59. The molecule has 0 spiro atoms. The number of anilines is 2. The third-order valence-corrected chi connectivity index (χ3v) is 7.48. The summed E-state index contributed by atoms with van der Waals surface area (Å²) in [4.78, 5) is 31.7. The molecule has 2 amide bonds. The lowest BCUT2D eigenvalue weighted by molar-refractivity contribution is -0.0102. The van der Waals surface area contributed by atoms with Crippen LogP contribution in [0.2, 0.25) is 0 Å². The first-order valence-corrected chi connectivity index (χ1v) is 13.9. The van der Waals surface area contributed by atoms with Gasteiger partial charge in [0.15, 0.2) is 0 Å². The van der Waals surface area contributed by atoms with Crippen LogP contribution < -0.4 is 10.2 Å². The van der Waals surface area contributed by atoms with Gasteiger partial charge in [0.2, 0.25) is 5.92 Å². The van der Waals surface area contributed by atoms with Crippen molar-refractivity contribution < 1.29 is 27.3 Å². The van der Waals surface area contributed by atoms with Crippen LogP contribution in [0.3, 0.4) is 0 Å². The van der Waals surface area contributed by atoms with Crippen molar-refractivity contribution in [2.24, 2.45) is 4.36 Å². The number of carbonyl (C=O) groups is 2. The zero-order valence-electron chi connectivity index (χ0n) is 22.0. The van der Waals surface area contributed by atoms with Crippen LogP contribution >= 0.6 is 0 Å². The van der Waals surface area contributed by atoms with Crippen LogP contribution in [0.15, 0.2) is 39.7 Å². The van der Waals surface area contributed by atoms with Crippen molar-refractivity contribution in [2.75, 3.05) is 29.6 Å². The molecule has 2 aromatic rings. The van der Waals surface area contributed by atoms with E-state index in [-0.39, 0.29) is 59.9 Å². The second-order valence-corrected chi connectivity index (χ2v) is 12.4. The second-order valence-electron chi connectivity index (χ2n) is 10.2. The summed E-state index contributed by atoms with van der Waals surface area (Å²) in [6.45, 7) is 6.88. The fourth-order valence-electron chi connectivity index (χ4n) is 3.97. The number of nitriles is 1. The Morgan fingerprint density at radius 2 is 1.97 bits per heavy atom. The van der Waals surface area contributed by atoms with Gasteiger partial charge < -0.3 is 15.0 Å². The number of benzene rings is 1. The Kier molecular flexibility index (Phi) is 8.41. The molecule has 1 aliphatic heterocycles. The van der Waals surface area contributed by atoms with Gasteiger partial charge in [-0.15, -0.1) is 4.36 Å². The van der Waals surface area contributed by atoms with Crippen molar-refractivity contribution in [2.45, 2.75) is 63.4 Å². The lowest BCUT2D eigenvalue weighted by Gasteiger charge is -2.25. The first-order valence-electron chi connectivity index (χ1n) is 12.0. The highest BCUT2D eigenvalue weighted by molar-refractivity contribution is 7.93. The van der Waals surface area contributed by atoms with Gasteiger partial charge in [0.25, 0.3) is 5.91 Å². The summed E-state index contributed by atoms with van der Waals surface area (Å²) in [7, 11) is -3.20. The Labute approximate surface area is 221 Å². The molecule has 38 heavy (non-hydrogen) atoms. The topological polar surface area (TPSA) is 125 Å². The van der Waals surface area contributed by atoms with Gasteiger partial charge in [0.05, 0.1) is 20.9 Å². The van der Waals surface area contributed by atoms with Gasteiger partial charge >= 0.3 is 6.09 Å². The summed E-state index contributed by atoms with van der Waals surface area (Å²) in [6.07, 6.45) is 1.25. The van der Waals surface area contributed by atoms with Crippen LogP contribution in [0.4, 0.5) is 25.1 Å². The van der Waals surface area contributed by atoms with Crippen LogP contribution in [0, 0.1) is 18.3 Å². The maximum Gasteiger partial charge on any atom is 0.442 e. The third kappa shape index (κ3) is 7.25. The Balaban J connectivity index is 1.94. The lowest BCUT2D eigenvalue weighted by atomic mass is 10.0. The smallest absolute Gasteiger partial charge is 0.442 e. The summed E-state index contributed by atoms with van der Waals surface area (Å²) < 4.78 is 50.0. The zero-order valence-corrected chi connectivity index (χ0v) is 22.8. The number of ether oxygens (including phenoxy) is 1. The van der Waals surface area contributed by atoms with E-state index in [1.165, 1.54) is 24.6 Å². The van der Waals surface area contributed by atoms with Gasteiger partial charge in [-0.2, -0.15) is 5.26 Å². The molecule has 2 heterocycles. The number of nitrogens with one attached hydrogen (secondary N) is 1. The molecule has 1 aromatic heterocycles. The molecule has 1 fully saturated rings. The van der Waals surface area contributed by atoms with E-state index >= 15 is 0 Å². The minimum Gasteiger partial charge on any atom is -0.442 e. The SMILES string of the molecule is Cc1c(C#N)cnc(N2CCCC(F)(F)CC2)c1C(=O)Nc1cccc(S(C)(=O)=NC(=O)OC(C)(C)C)c1. The molecular formula is C26H31F2N5O4S. The fourth-order valence-corrected chi connectivity index (χ4v) is 5.07. The number of rotatable bonds is 4. The Morgan fingerprint density at radius 3 is 2.63 bits per heavy atom. The fraction of sp³-hybridized carbons (Fsp3) is 0.462. The molecule has 12 heteroatoms. The van der Waals surface area contributed by atoms with Crippen LogP contribution in [-0.4, -0.2) is 52.1 Å². The molecule has 0 radical (unpaired) electrons. The van der Waals surface area contributed by atoms with Crippen molar-refractivity contribution in [3.05, 3.63) is 47.2 Å². The zero-order chi connectivity index (χ0) is 28.3. The number of halogens is 2. The van der Waals surface area contributed by atoms with E-state index in [2.05, 4.69) is 14.7 Å². The van der Waals surface area contributed by atoms with Crippen molar-refractivity contribution in [3.8, 4) is 6.07 Å². The maximum absolute atomic E-state index is 14.0. The van der Waals surface area contributed by atoms with Crippen molar-refractivity contribution >= 4 is 33.2 Å². The van der Waals surface area contributed by atoms with Crippen LogP contribution in [-0.2, 0) is 14.5 Å². The summed E-state index contributed by atoms with van der Waals surface area (Å²) in [6, 6.07) is 8.05. The minimum atomic E-state index is -3.20. The molecule has 0 aliphatic carbocycles. The van der Waals surface area contributed by atoms with E-state index in [0.717, 1.165) is 0 Å². The van der Waals surface area contributed by atoms with E-state index in [1.807, 2.05) is 6.07 Å². The molecule has 1 aliphatic rings. The Morgan fingerprint density at radius 1 is 1.26 bits per heavy atom. The third-order valence-electron chi connectivity index (χ3n) is 5.86. The quantitative estimate of drug-likeness (QED) is 0.533. The van der Waals surface area contributed by atoms with Crippen molar-refractivity contribution in [1.82, 2.24) is 4.98 Å². The number of carbonyl (C=O) groups excluding carboxylic acids is 2. The van der Waals surface area contributed by atoms with E-state index in [4.69, 9.17) is 4.74 Å². The summed E-state index contributed by atoms with van der Waals surface area (Å²) >= 11 is 0. The number of amides is 2. The minimum absolute atomic E-state index is 0.00513. The number of pyridine rings is 1. The van der Waals surface area contributed by atoms with Gasteiger partial charge in [0, 0.05) is 49.0 Å². The number of hydrogen-bond acceptors (Lipinski definition) is 7. The van der Waals surface area contributed by atoms with Crippen molar-refractivity contribution in [1.29, 1.82) is 5.26 Å². The average Bonchev–Trinajstić information content (AvgIpc) is 2.97. The van der Waals surface area contributed by atoms with E-state index < -0.39 is 33.3 Å². The van der Waals surface area contributed by atoms with Crippen molar-refractivity contribution in [3.63, 3.8) is 0 Å². The molecular weight excluding hydrogens is 516 g/mol. The van der Waals surface area contributed by atoms with Gasteiger partial charge in [0.1, 0.15) is 17.5 Å². The normalized spacial score (nSPS) is 16.9. The molecule has 1 saturated heterocycles. The first kappa shape index (κ1) is 29.0. The number of nitrogens with zero attached hydrogens (tertiary/aromatic N) is 4. The molecule has 0 saturated carbocycles. The van der Waals surface area contributed by atoms with Crippen LogP contribution in [0.25, 0.3) is 0 Å². The van der Waals surface area contributed by atoms with Gasteiger partial charge in [-0.1, -0.05) is 6.07 Å². The molecule has 1 N–H and O–H groups in total. The van der Waals surface area contributed by atoms with Gasteiger partial charge in [-0.3, -0.25) is 4.79 Å². The molecule has 1 aromatic carbocycles. The monoisotopic (exact) mass is 547 g/mol.